The number of likely N-dealkylation sites (tertiary alicyclic amines) is 1. The first-order valence-corrected chi connectivity index (χ1v) is 10.7. The van der Waals surface area contributed by atoms with Crippen LogP contribution in [-0.4, -0.2) is 67.4 Å². The van der Waals surface area contributed by atoms with Crippen molar-refractivity contribution in [1.82, 2.24) is 4.90 Å². The summed E-state index contributed by atoms with van der Waals surface area (Å²) in [7, 11) is 2.99. The first-order valence-electron chi connectivity index (χ1n) is 9.87. The van der Waals surface area contributed by atoms with Gasteiger partial charge in [0.25, 0.3) is 11.7 Å². The molecular formula is C23H24BrNO7. The molecule has 1 atom stereocenters. The van der Waals surface area contributed by atoms with Crippen molar-refractivity contribution in [2.24, 2.45) is 0 Å². The van der Waals surface area contributed by atoms with Gasteiger partial charge in [0.05, 0.1) is 45.7 Å². The number of amides is 1. The molecular weight excluding hydrogens is 482 g/mol. The third-order valence-electron chi connectivity index (χ3n) is 5.10. The van der Waals surface area contributed by atoms with Crippen LogP contribution in [0.2, 0.25) is 0 Å². The topological polar surface area (TPSA) is 106 Å². The Morgan fingerprint density at radius 2 is 1.78 bits per heavy atom. The maximum atomic E-state index is 13.1. The fourth-order valence-corrected chi connectivity index (χ4v) is 3.84. The molecule has 2 aromatic carbocycles. The van der Waals surface area contributed by atoms with Crippen molar-refractivity contribution >= 4 is 33.4 Å². The van der Waals surface area contributed by atoms with E-state index in [0.717, 1.165) is 4.47 Å². The lowest BCUT2D eigenvalue weighted by Crippen LogP contribution is -2.33. The summed E-state index contributed by atoms with van der Waals surface area (Å²) in [6.07, 6.45) is 0. The number of carbonyl (C=O) groups is 2. The van der Waals surface area contributed by atoms with Crippen LogP contribution in [0.25, 0.3) is 5.76 Å². The molecule has 1 amide bonds. The van der Waals surface area contributed by atoms with Gasteiger partial charge in [-0.2, -0.15) is 0 Å². The molecule has 0 radical (unpaired) electrons. The Bertz CT molecular complexity index is 1020. The molecule has 1 saturated heterocycles. The second kappa shape index (κ2) is 10.6. The number of ether oxygens (including phenoxy) is 3. The summed E-state index contributed by atoms with van der Waals surface area (Å²) < 4.78 is 16.9. The molecule has 0 aromatic heterocycles. The highest BCUT2D eigenvalue weighted by Crippen LogP contribution is 2.43. The van der Waals surface area contributed by atoms with Crippen LogP contribution in [0.3, 0.4) is 0 Å². The van der Waals surface area contributed by atoms with E-state index in [4.69, 9.17) is 19.3 Å². The van der Waals surface area contributed by atoms with Crippen LogP contribution in [0.5, 0.6) is 11.5 Å². The zero-order valence-corrected chi connectivity index (χ0v) is 19.3. The van der Waals surface area contributed by atoms with Gasteiger partial charge in [-0.1, -0.05) is 28.1 Å². The zero-order valence-electron chi connectivity index (χ0n) is 17.7. The van der Waals surface area contributed by atoms with E-state index < -0.39 is 17.7 Å². The van der Waals surface area contributed by atoms with Gasteiger partial charge in [0.15, 0.2) is 0 Å². The summed E-state index contributed by atoms with van der Waals surface area (Å²) in [5, 5.41) is 20.0. The molecule has 8 nitrogen and oxygen atoms in total. The van der Waals surface area contributed by atoms with E-state index in [2.05, 4.69) is 15.9 Å². The second-order valence-corrected chi connectivity index (χ2v) is 7.86. The molecule has 0 aliphatic carbocycles. The summed E-state index contributed by atoms with van der Waals surface area (Å²) in [5.74, 6) is -0.912. The minimum atomic E-state index is -0.915. The lowest BCUT2D eigenvalue weighted by atomic mass is 9.94. The molecule has 1 aliphatic heterocycles. The van der Waals surface area contributed by atoms with Crippen molar-refractivity contribution in [2.75, 3.05) is 40.6 Å². The van der Waals surface area contributed by atoms with E-state index >= 15 is 0 Å². The summed E-state index contributed by atoms with van der Waals surface area (Å²) in [4.78, 5) is 27.3. The second-order valence-electron chi connectivity index (χ2n) is 6.94. The Kier molecular flexibility index (Phi) is 7.89. The van der Waals surface area contributed by atoms with Crippen molar-refractivity contribution in [3.8, 4) is 11.5 Å². The van der Waals surface area contributed by atoms with E-state index in [0.29, 0.717) is 22.6 Å². The fourth-order valence-electron chi connectivity index (χ4n) is 3.58. The van der Waals surface area contributed by atoms with Gasteiger partial charge < -0.3 is 29.3 Å². The van der Waals surface area contributed by atoms with E-state index in [1.54, 1.807) is 42.5 Å². The van der Waals surface area contributed by atoms with Gasteiger partial charge in [0.2, 0.25) is 0 Å². The Hall–Kier alpha value is -2.88. The van der Waals surface area contributed by atoms with E-state index in [1.807, 2.05) is 0 Å². The normalized spacial score (nSPS) is 17.6. The van der Waals surface area contributed by atoms with Crippen molar-refractivity contribution < 1.29 is 34.0 Å². The Morgan fingerprint density at radius 3 is 2.41 bits per heavy atom. The fraction of sp³-hybridized carbons (Fsp3) is 0.304. The molecule has 1 aliphatic rings. The van der Waals surface area contributed by atoms with Crippen LogP contribution in [0.1, 0.15) is 17.2 Å². The smallest absolute Gasteiger partial charge is 0.295 e. The Labute approximate surface area is 194 Å². The first kappa shape index (κ1) is 23.8. The third kappa shape index (κ3) is 4.79. The number of ketones is 1. The van der Waals surface area contributed by atoms with Crippen LogP contribution in [0, 0.1) is 0 Å². The molecule has 3 rings (SSSR count). The molecule has 2 aromatic rings. The molecule has 0 spiro atoms. The quantitative estimate of drug-likeness (QED) is 0.233. The summed E-state index contributed by atoms with van der Waals surface area (Å²) >= 11 is 3.34. The van der Waals surface area contributed by atoms with Crippen molar-refractivity contribution in [1.29, 1.82) is 0 Å². The standard InChI is InChI=1S/C23H24BrNO7/c1-30-16-7-8-18(31-2)17(13-16)20-19(21(27)14-3-5-15(24)6-4-14)22(28)23(29)25(20)9-11-32-12-10-26/h3-8,13,20,26-27H,9-12H2,1-2H3/b21-19+. The highest BCUT2D eigenvalue weighted by Gasteiger charge is 2.47. The van der Waals surface area contributed by atoms with Crippen LogP contribution in [-0.2, 0) is 14.3 Å². The van der Waals surface area contributed by atoms with Gasteiger partial charge in [-0.3, -0.25) is 9.59 Å². The van der Waals surface area contributed by atoms with Gasteiger partial charge in [-0.25, -0.2) is 0 Å². The molecule has 1 fully saturated rings. The summed E-state index contributed by atoms with van der Waals surface area (Å²) in [6.45, 7) is 0.132. The number of benzene rings is 2. The maximum absolute atomic E-state index is 13.1. The highest BCUT2D eigenvalue weighted by atomic mass is 79.9. The van der Waals surface area contributed by atoms with Crippen LogP contribution < -0.4 is 9.47 Å². The lowest BCUT2D eigenvalue weighted by molar-refractivity contribution is -0.140. The minimum absolute atomic E-state index is 0.0500. The Balaban J connectivity index is 2.16. The van der Waals surface area contributed by atoms with E-state index in [1.165, 1.54) is 19.1 Å². The third-order valence-corrected chi connectivity index (χ3v) is 5.63. The van der Waals surface area contributed by atoms with Gasteiger partial charge in [0, 0.05) is 22.1 Å². The zero-order chi connectivity index (χ0) is 23.3. The van der Waals surface area contributed by atoms with Crippen LogP contribution >= 0.6 is 15.9 Å². The summed E-state index contributed by atoms with van der Waals surface area (Å²) in [6, 6.07) is 10.9. The molecule has 0 saturated carbocycles. The highest BCUT2D eigenvalue weighted by molar-refractivity contribution is 9.10. The van der Waals surface area contributed by atoms with E-state index in [9.17, 15) is 14.7 Å². The number of hydrogen-bond acceptors (Lipinski definition) is 7. The molecule has 2 N–H and O–H groups in total. The number of aliphatic hydroxyl groups is 2. The SMILES string of the molecule is COc1ccc(OC)c(C2/C(=C(\O)c3ccc(Br)cc3)C(=O)C(=O)N2CCOCCO)c1. The number of nitrogens with zero attached hydrogens (tertiary/aromatic N) is 1. The van der Waals surface area contributed by atoms with Gasteiger partial charge >= 0.3 is 0 Å². The first-order chi connectivity index (χ1) is 15.4. The predicted molar refractivity (Wildman–Crippen MR) is 121 cm³/mol. The molecule has 32 heavy (non-hydrogen) atoms. The van der Waals surface area contributed by atoms with Crippen LogP contribution in [0.15, 0.2) is 52.5 Å². The van der Waals surface area contributed by atoms with Crippen molar-refractivity contribution in [2.45, 2.75) is 6.04 Å². The maximum Gasteiger partial charge on any atom is 0.295 e. The average Bonchev–Trinajstić information content (AvgIpc) is 3.06. The molecule has 1 unspecified atom stereocenters. The number of methoxy groups -OCH3 is 2. The number of halogens is 1. The lowest BCUT2D eigenvalue weighted by Gasteiger charge is -2.26. The monoisotopic (exact) mass is 505 g/mol. The molecule has 0 bridgehead atoms. The predicted octanol–water partition coefficient (Wildman–Crippen LogP) is 2.90. The number of carbonyl (C=O) groups excluding carboxylic acids is 2. The number of aliphatic hydroxyl groups excluding tert-OH is 2. The Morgan fingerprint density at radius 1 is 1.06 bits per heavy atom. The van der Waals surface area contributed by atoms with E-state index in [-0.39, 0.29) is 37.7 Å². The number of hydrogen-bond donors (Lipinski definition) is 2. The molecule has 9 heteroatoms. The molecule has 170 valence electrons. The summed E-state index contributed by atoms with van der Waals surface area (Å²) in [5.41, 5.74) is 0.840. The largest absolute Gasteiger partial charge is 0.507 e. The number of Topliss-reactive ketones (excluding diaryl/α,β-unsaturated/α-hetero) is 1. The van der Waals surface area contributed by atoms with Crippen LogP contribution in [0.4, 0.5) is 0 Å². The number of rotatable bonds is 9. The van der Waals surface area contributed by atoms with Crippen molar-refractivity contribution in [3.63, 3.8) is 0 Å². The van der Waals surface area contributed by atoms with Crippen molar-refractivity contribution in [3.05, 3.63) is 63.6 Å². The van der Waals surface area contributed by atoms with Gasteiger partial charge in [-0.15, -0.1) is 0 Å². The van der Waals surface area contributed by atoms with Gasteiger partial charge in [0.1, 0.15) is 17.3 Å². The van der Waals surface area contributed by atoms with Gasteiger partial charge in [-0.05, 0) is 30.3 Å². The molecule has 1 heterocycles. The minimum Gasteiger partial charge on any atom is -0.507 e. The average molecular weight is 506 g/mol.